The van der Waals surface area contributed by atoms with Crippen LogP contribution in [0.3, 0.4) is 0 Å². The minimum Gasteiger partial charge on any atom is -0.343 e. The van der Waals surface area contributed by atoms with Gasteiger partial charge in [0.1, 0.15) is 0 Å². The topological polar surface area (TPSA) is 8.17 Å². The molecule has 1 unspecified atom stereocenters. The van der Waals surface area contributed by atoms with Gasteiger partial charge in [-0.15, -0.1) is 0 Å². The van der Waals surface area contributed by atoms with Crippen molar-refractivity contribution in [1.82, 2.24) is 9.47 Å². The van der Waals surface area contributed by atoms with E-state index in [-0.39, 0.29) is 5.41 Å². The number of likely N-dealkylation sites (N-methyl/N-ethyl adjacent to an activating group) is 1. The zero-order chi connectivity index (χ0) is 17.9. The quantitative estimate of drug-likeness (QED) is 0.613. The lowest BCUT2D eigenvalue weighted by atomic mass is 9.78. The van der Waals surface area contributed by atoms with Gasteiger partial charge < -0.3 is 9.47 Å². The van der Waals surface area contributed by atoms with Crippen molar-refractivity contribution in [3.8, 4) is 0 Å². The van der Waals surface area contributed by atoms with Crippen molar-refractivity contribution < 1.29 is 0 Å². The summed E-state index contributed by atoms with van der Waals surface area (Å²) in [4.78, 5) is 2.47. The lowest BCUT2D eigenvalue weighted by Crippen LogP contribution is -2.31. The first-order valence-electron chi connectivity index (χ1n) is 9.93. The average Bonchev–Trinajstić information content (AvgIpc) is 2.83. The van der Waals surface area contributed by atoms with E-state index in [0.29, 0.717) is 0 Å². The Morgan fingerprint density at radius 1 is 1.04 bits per heavy atom. The summed E-state index contributed by atoms with van der Waals surface area (Å²) in [5.74, 6) is 0. The molecule has 0 saturated heterocycles. The van der Waals surface area contributed by atoms with Gasteiger partial charge in [0.15, 0.2) is 0 Å². The minimum absolute atomic E-state index is 0.192. The number of hydrogen-bond acceptors (Lipinski definition) is 1. The molecule has 3 heterocycles. The van der Waals surface area contributed by atoms with E-state index in [1.54, 1.807) is 16.8 Å². The zero-order valence-corrected chi connectivity index (χ0v) is 16.2. The van der Waals surface area contributed by atoms with Crippen molar-refractivity contribution in [3.05, 3.63) is 70.4 Å². The van der Waals surface area contributed by atoms with Crippen LogP contribution in [0.4, 0.5) is 0 Å². The van der Waals surface area contributed by atoms with Crippen molar-refractivity contribution >= 4 is 10.9 Å². The first-order chi connectivity index (χ1) is 12.5. The maximum absolute atomic E-state index is 2.70. The fourth-order valence-electron chi connectivity index (χ4n) is 5.24. The fourth-order valence-corrected chi connectivity index (χ4v) is 5.24. The molecule has 2 nitrogen and oxygen atoms in total. The Morgan fingerprint density at radius 3 is 2.65 bits per heavy atom. The number of hydrogen-bond donors (Lipinski definition) is 0. The van der Waals surface area contributed by atoms with Crippen LogP contribution >= 0.6 is 0 Å². The van der Waals surface area contributed by atoms with Gasteiger partial charge in [-0.05, 0) is 49.6 Å². The number of aromatic nitrogens is 1. The molecule has 2 aromatic carbocycles. The summed E-state index contributed by atoms with van der Waals surface area (Å²) in [6.45, 7) is 8.08. The molecule has 0 spiro atoms. The summed E-state index contributed by atoms with van der Waals surface area (Å²) in [7, 11) is 2.25. The molecule has 2 aliphatic heterocycles. The average molecular weight is 345 g/mol. The predicted octanol–water partition coefficient (Wildman–Crippen LogP) is 4.84. The van der Waals surface area contributed by atoms with E-state index >= 15 is 0 Å². The van der Waals surface area contributed by atoms with Crippen LogP contribution in [0.2, 0.25) is 0 Å². The highest BCUT2D eigenvalue weighted by molar-refractivity contribution is 5.89. The Bertz CT molecular complexity index is 983. The molecule has 0 bridgehead atoms. The Hall–Kier alpha value is -2.06. The van der Waals surface area contributed by atoms with Gasteiger partial charge in [0.25, 0.3) is 0 Å². The molecule has 0 N–H and O–H groups in total. The van der Waals surface area contributed by atoms with Crippen LogP contribution in [-0.4, -0.2) is 23.1 Å². The normalized spacial score (nSPS) is 23.0. The smallest absolute Gasteiger partial charge is 0.0518 e. The largest absolute Gasteiger partial charge is 0.343 e. The van der Waals surface area contributed by atoms with E-state index in [1.165, 1.54) is 47.8 Å². The van der Waals surface area contributed by atoms with Gasteiger partial charge in [-0.25, -0.2) is 0 Å². The van der Waals surface area contributed by atoms with Crippen molar-refractivity contribution in [1.29, 1.82) is 0 Å². The molecule has 26 heavy (non-hydrogen) atoms. The lowest BCUT2D eigenvalue weighted by molar-refractivity contribution is 0.303. The minimum atomic E-state index is 0.192. The van der Waals surface area contributed by atoms with Gasteiger partial charge in [0.05, 0.1) is 5.52 Å². The highest BCUT2D eigenvalue weighted by atomic mass is 15.1. The first kappa shape index (κ1) is 16.1. The predicted molar refractivity (Wildman–Crippen MR) is 109 cm³/mol. The van der Waals surface area contributed by atoms with E-state index in [0.717, 1.165) is 13.1 Å². The number of benzene rings is 2. The molecular weight excluding hydrogens is 316 g/mol. The molecular formula is C24H28N2. The molecule has 2 aliphatic rings. The molecule has 0 saturated carbocycles. The highest BCUT2D eigenvalue weighted by Gasteiger charge is 2.34. The zero-order valence-electron chi connectivity index (χ0n) is 16.2. The number of fused-ring (bicyclic) bond motifs is 3. The van der Waals surface area contributed by atoms with Crippen LogP contribution in [0.25, 0.3) is 10.9 Å². The molecule has 5 rings (SSSR count). The standard InChI is InChI=1S/C24H28N2/c1-17-13-18-9-11-24(2,19-7-5-4-6-8-19)16-26-22-10-12-25(3)15-21(22)20(14-17)23(18)26/h4-8,13-14H,9-12,15-16H2,1-3H3. The Morgan fingerprint density at radius 2 is 1.85 bits per heavy atom. The number of rotatable bonds is 1. The second-order valence-corrected chi connectivity index (χ2v) is 8.75. The molecule has 1 atom stereocenters. The van der Waals surface area contributed by atoms with Gasteiger partial charge in [-0.3, -0.25) is 0 Å². The fraction of sp³-hybridized carbons (Fsp3) is 0.417. The van der Waals surface area contributed by atoms with E-state index in [4.69, 9.17) is 0 Å². The molecule has 0 fully saturated rings. The van der Waals surface area contributed by atoms with Gasteiger partial charge >= 0.3 is 0 Å². The van der Waals surface area contributed by atoms with E-state index < -0.39 is 0 Å². The number of nitrogens with zero attached hydrogens (tertiary/aromatic N) is 2. The van der Waals surface area contributed by atoms with Crippen LogP contribution in [0.15, 0.2) is 42.5 Å². The van der Waals surface area contributed by atoms with Crippen LogP contribution < -0.4 is 0 Å². The SMILES string of the molecule is Cc1cc2c3c(c1)c1c(n3CC(C)(c3ccccc3)CC2)CCN(C)C1. The van der Waals surface area contributed by atoms with Crippen molar-refractivity contribution in [2.75, 3.05) is 13.6 Å². The molecule has 0 amide bonds. The monoisotopic (exact) mass is 344 g/mol. The van der Waals surface area contributed by atoms with Crippen LogP contribution in [0.5, 0.6) is 0 Å². The van der Waals surface area contributed by atoms with Crippen LogP contribution in [0, 0.1) is 6.92 Å². The van der Waals surface area contributed by atoms with Gasteiger partial charge in [-0.2, -0.15) is 0 Å². The molecule has 0 aliphatic carbocycles. The molecule has 1 aromatic heterocycles. The summed E-state index contributed by atoms with van der Waals surface area (Å²) in [5, 5.41) is 1.51. The first-order valence-corrected chi connectivity index (χ1v) is 9.93. The number of aryl methyl sites for hydroxylation is 2. The third-order valence-corrected chi connectivity index (χ3v) is 6.68. The van der Waals surface area contributed by atoms with Crippen molar-refractivity contribution in [2.45, 2.75) is 51.6 Å². The van der Waals surface area contributed by atoms with E-state index in [1.807, 2.05) is 0 Å². The Balaban J connectivity index is 1.75. The van der Waals surface area contributed by atoms with Crippen LogP contribution in [-0.2, 0) is 31.3 Å². The second-order valence-electron chi connectivity index (χ2n) is 8.75. The van der Waals surface area contributed by atoms with Gasteiger partial charge in [-0.1, -0.05) is 48.9 Å². The summed E-state index contributed by atoms with van der Waals surface area (Å²) in [6.07, 6.45) is 3.55. The third kappa shape index (κ3) is 2.35. The second kappa shape index (κ2) is 5.72. The Kier molecular flexibility index (Phi) is 3.55. The molecule has 2 heteroatoms. The maximum atomic E-state index is 2.70. The van der Waals surface area contributed by atoms with E-state index in [2.05, 4.69) is 72.8 Å². The van der Waals surface area contributed by atoms with Gasteiger partial charge in [0, 0.05) is 42.6 Å². The summed E-state index contributed by atoms with van der Waals surface area (Å²) in [6, 6.07) is 16.0. The maximum Gasteiger partial charge on any atom is 0.0518 e. The lowest BCUT2D eigenvalue weighted by Gasteiger charge is -2.32. The Labute approximate surface area is 156 Å². The molecule has 3 aromatic rings. The summed E-state index contributed by atoms with van der Waals surface area (Å²) >= 11 is 0. The van der Waals surface area contributed by atoms with E-state index in [9.17, 15) is 0 Å². The van der Waals surface area contributed by atoms with Crippen LogP contribution in [0.1, 0.15) is 41.3 Å². The van der Waals surface area contributed by atoms with Gasteiger partial charge in [0.2, 0.25) is 0 Å². The van der Waals surface area contributed by atoms with Crippen molar-refractivity contribution in [3.63, 3.8) is 0 Å². The molecule has 134 valence electrons. The molecule has 0 radical (unpaired) electrons. The third-order valence-electron chi connectivity index (χ3n) is 6.68. The van der Waals surface area contributed by atoms with Crippen molar-refractivity contribution in [2.24, 2.45) is 0 Å². The summed E-state index contributed by atoms with van der Waals surface area (Å²) in [5.41, 5.74) is 9.33. The highest BCUT2D eigenvalue weighted by Crippen LogP contribution is 2.41. The summed E-state index contributed by atoms with van der Waals surface area (Å²) < 4.78 is 2.70.